The summed E-state index contributed by atoms with van der Waals surface area (Å²) >= 11 is 0. The maximum absolute atomic E-state index is 12.3. The highest BCUT2D eigenvalue weighted by Gasteiger charge is 2.27. The molecule has 0 aliphatic carbocycles. The monoisotopic (exact) mass is 507 g/mol. The Morgan fingerprint density at radius 1 is 1.24 bits per heavy atom. The molecule has 7 heteroatoms. The minimum Gasteiger partial charge on any atom is -0.491 e. The van der Waals surface area contributed by atoms with Crippen molar-refractivity contribution in [3.05, 3.63) is 53.2 Å². The fourth-order valence-corrected chi connectivity index (χ4v) is 5.88. The standard InChI is InChI=1S/C30H41N3O4/c1-35-29(34)18-25(24-5-2-7-27(17-24)37-21-28-8-4-16-36-28)20-33-15-13-22(19-33)9-11-26-12-10-23-6-3-14-31-30(23)32-26/h2,5,7,10,12,17,22,25,28H,3-4,6,8-9,11,13-16,18-21H2,1H3,(H,31,32). The molecule has 2 saturated heterocycles. The molecular formula is C30H41N3O4. The number of rotatable bonds is 11. The van der Waals surface area contributed by atoms with E-state index in [1.807, 2.05) is 12.1 Å². The maximum atomic E-state index is 12.3. The van der Waals surface area contributed by atoms with Crippen LogP contribution in [0.4, 0.5) is 5.82 Å². The van der Waals surface area contributed by atoms with Crippen LogP contribution >= 0.6 is 0 Å². The van der Waals surface area contributed by atoms with E-state index in [0.29, 0.717) is 18.9 Å². The van der Waals surface area contributed by atoms with E-state index in [-0.39, 0.29) is 18.0 Å². The number of likely N-dealkylation sites (tertiary alicyclic amines) is 1. The number of anilines is 1. The van der Waals surface area contributed by atoms with Crippen molar-refractivity contribution in [1.82, 2.24) is 9.88 Å². The van der Waals surface area contributed by atoms with Gasteiger partial charge in [-0.05, 0) is 86.7 Å². The Balaban J connectivity index is 1.16. The van der Waals surface area contributed by atoms with Gasteiger partial charge >= 0.3 is 5.97 Å². The second kappa shape index (κ2) is 12.7. The molecule has 2 fully saturated rings. The third-order valence-electron chi connectivity index (χ3n) is 8.04. The summed E-state index contributed by atoms with van der Waals surface area (Å²) < 4.78 is 16.8. The Morgan fingerprint density at radius 3 is 3.05 bits per heavy atom. The van der Waals surface area contributed by atoms with Crippen molar-refractivity contribution in [3.8, 4) is 5.75 Å². The summed E-state index contributed by atoms with van der Waals surface area (Å²) in [7, 11) is 1.47. The number of pyridine rings is 1. The molecule has 7 nitrogen and oxygen atoms in total. The lowest BCUT2D eigenvalue weighted by Crippen LogP contribution is -2.28. The summed E-state index contributed by atoms with van der Waals surface area (Å²) in [5.74, 6) is 2.49. The van der Waals surface area contributed by atoms with Crippen LogP contribution < -0.4 is 10.1 Å². The molecule has 3 atom stereocenters. The molecule has 1 N–H and O–H groups in total. The van der Waals surface area contributed by atoms with Gasteiger partial charge in [0.1, 0.15) is 18.2 Å². The topological polar surface area (TPSA) is 72.9 Å². The number of nitrogens with zero attached hydrogens (tertiary/aromatic N) is 2. The van der Waals surface area contributed by atoms with Crippen LogP contribution in [0.2, 0.25) is 0 Å². The molecule has 1 aromatic carbocycles. The zero-order valence-corrected chi connectivity index (χ0v) is 22.1. The molecule has 1 aromatic heterocycles. The summed E-state index contributed by atoms with van der Waals surface area (Å²) in [5.41, 5.74) is 3.67. The number of hydrogen-bond donors (Lipinski definition) is 1. The zero-order valence-electron chi connectivity index (χ0n) is 22.1. The number of aromatic nitrogens is 1. The highest BCUT2D eigenvalue weighted by molar-refractivity contribution is 5.70. The van der Waals surface area contributed by atoms with Gasteiger partial charge in [-0.1, -0.05) is 18.2 Å². The fraction of sp³-hybridized carbons (Fsp3) is 0.600. The molecule has 4 heterocycles. The third kappa shape index (κ3) is 7.23. The van der Waals surface area contributed by atoms with Gasteiger partial charge in [0.2, 0.25) is 0 Å². The molecule has 0 bridgehead atoms. The van der Waals surface area contributed by atoms with Gasteiger partial charge in [-0.2, -0.15) is 0 Å². The first kappa shape index (κ1) is 26.0. The van der Waals surface area contributed by atoms with Crippen LogP contribution in [0.5, 0.6) is 5.75 Å². The number of fused-ring (bicyclic) bond motifs is 1. The Labute approximate surface area is 220 Å². The normalized spacial score (nSPS) is 22.3. The first-order valence-electron chi connectivity index (χ1n) is 14.0. The lowest BCUT2D eigenvalue weighted by molar-refractivity contribution is -0.141. The summed E-state index contributed by atoms with van der Waals surface area (Å²) in [6.45, 7) is 5.41. The number of carbonyl (C=O) groups is 1. The van der Waals surface area contributed by atoms with Gasteiger partial charge in [-0.15, -0.1) is 0 Å². The van der Waals surface area contributed by atoms with E-state index in [1.54, 1.807) is 0 Å². The number of benzene rings is 1. The van der Waals surface area contributed by atoms with E-state index in [0.717, 1.165) is 82.0 Å². The molecule has 37 heavy (non-hydrogen) atoms. The third-order valence-corrected chi connectivity index (χ3v) is 8.04. The van der Waals surface area contributed by atoms with E-state index in [9.17, 15) is 4.79 Å². The molecule has 5 rings (SSSR count). The van der Waals surface area contributed by atoms with Gasteiger partial charge in [0.05, 0.1) is 19.6 Å². The highest BCUT2D eigenvalue weighted by atomic mass is 16.5. The minimum absolute atomic E-state index is 0.0749. The van der Waals surface area contributed by atoms with Crippen molar-refractivity contribution in [2.45, 2.75) is 63.4 Å². The minimum atomic E-state index is -0.168. The Hall–Kier alpha value is -2.64. The number of hydrogen-bond acceptors (Lipinski definition) is 7. The molecular weight excluding hydrogens is 466 g/mol. The molecule has 0 radical (unpaired) electrons. The lowest BCUT2D eigenvalue weighted by atomic mass is 9.94. The summed E-state index contributed by atoms with van der Waals surface area (Å²) in [5, 5.41) is 3.45. The van der Waals surface area contributed by atoms with Crippen LogP contribution in [-0.2, 0) is 27.1 Å². The Bertz CT molecular complexity index is 1040. The summed E-state index contributed by atoms with van der Waals surface area (Å²) in [4.78, 5) is 19.7. The number of esters is 1. The average Bonchev–Trinajstić information content (AvgIpc) is 3.62. The van der Waals surface area contributed by atoms with Crippen molar-refractivity contribution in [2.24, 2.45) is 5.92 Å². The van der Waals surface area contributed by atoms with Crippen molar-refractivity contribution in [3.63, 3.8) is 0 Å². The molecule has 3 aliphatic heterocycles. The molecule has 2 aromatic rings. The lowest BCUT2D eigenvalue weighted by Gasteiger charge is -2.24. The van der Waals surface area contributed by atoms with Crippen LogP contribution in [0, 0.1) is 5.92 Å². The molecule has 200 valence electrons. The molecule has 0 spiro atoms. The van der Waals surface area contributed by atoms with Crippen LogP contribution in [0.25, 0.3) is 0 Å². The zero-order chi connectivity index (χ0) is 25.5. The van der Waals surface area contributed by atoms with Crippen molar-refractivity contribution >= 4 is 11.8 Å². The second-order valence-electron chi connectivity index (χ2n) is 10.8. The van der Waals surface area contributed by atoms with Gasteiger partial charge < -0.3 is 24.4 Å². The van der Waals surface area contributed by atoms with Crippen molar-refractivity contribution < 1.29 is 19.0 Å². The summed E-state index contributed by atoms with van der Waals surface area (Å²) in [6.07, 6.45) is 8.40. The predicted octanol–water partition coefficient (Wildman–Crippen LogP) is 4.60. The highest BCUT2D eigenvalue weighted by Crippen LogP contribution is 2.30. The van der Waals surface area contributed by atoms with Gasteiger partial charge in [0.15, 0.2) is 0 Å². The largest absolute Gasteiger partial charge is 0.491 e. The van der Waals surface area contributed by atoms with E-state index in [1.165, 1.54) is 31.2 Å². The smallest absolute Gasteiger partial charge is 0.306 e. The van der Waals surface area contributed by atoms with Gasteiger partial charge in [0, 0.05) is 37.9 Å². The fourth-order valence-electron chi connectivity index (χ4n) is 5.88. The SMILES string of the molecule is COC(=O)CC(CN1CCC(CCc2ccc3c(n2)NCCC3)C1)c1cccc(OCC2CCCO2)c1. The van der Waals surface area contributed by atoms with E-state index in [4.69, 9.17) is 19.2 Å². The number of aryl methyl sites for hydroxylation is 2. The first-order valence-corrected chi connectivity index (χ1v) is 14.0. The predicted molar refractivity (Wildman–Crippen MR) is 144 cm³/mol. The second-order valence-corrected chi connectivity index (χ2v) is 10.8. The van der Waals surface area contributed by atoms with E-state index >= 15 is 0 Å². The summed E-state index contributed by atoms with van der Waals surface area (Å²) in [6, 6.07) is 12.7. The number of nitrogens with one attached hydrogen (secondary N) is 1. The van der Waals surface area contributed by atoms with Gasteiger partial charge in [0.25, 0.3) is 0 Å². The van der Waals surface area contributed by atoms with Crippen LogP contribution in [0.1, 0.15) is 61.3 Å². The van der Waals surface area contributed by atoms with Crippen molar-refractivity contribution in [2.75, 3.05) is 51.8 Å². The molecule has 3 unspecified atom stereocenters. The molecule has 3 aliphatic rings. The Kier molecular flexibility index (Phi) is 8.95. The van der Waals surface area contributed by atoms with E-state index < -0.39 is 0 Å². The van der Waals surface area contributed by atoms with E-state index in [2.05, 4.69) is 34.5 Å². The quantitative estimate of drug-likeness (QED) is 0.446. The van der Waals surface area contributed by atoms with Crippen LogP contribution in [-0.4, -0.2) is 68.5 Å². The average molecular weight is 508 g/mol. The van der Waals surface area contributed by atoms with Gasteiger partial charge in [-0.3, -0.25) is 4.79 Å². The number of methoxy groups -OCH3 is 1. The van der Waals surface area contributed by atoms with Crippen LogP contribution in [0.3, 0.4) is 0 Å². The first-order chi connectivity index (χ1) is 18.2. The van der Waals surface area contributed by atoms with Crippen molar-refractivity contribution in [1.29, 1.82) is 0 Å². The maximum Gasteiger partial charge on any atom is 0.306 e. The number of ether oxygens (including phenoxy) is 3. The number of carbonyl (C=O) groups excluding carboxylic acids is 1. The molecule has 0 saturated carbocycles. The Morgan fingerprint density at radius 2 is 2.19 bits per heavy atom. The molecule has 0 amide bonds. The van der Waals surface area contributed by atoms with Crippen LogP contribution in [0.15, 0.2) is 36.4 Å². The van der Waals surface area contributed by atoms with Gasteiger partial charge in [-0.25, -0.2) is 4.98 Å².